The van der Waals surface area contributed by atoms with Crippen LogP contribution in [0.3, 0.4) is 0 Å². The molecule has 0 unspecified atom stereocenters. The second-order valence-corrected chi connectivity index (χ2v) is 5.65. The Labute approximate surface area is 130 Å². The molecule has 0 saturated heterocycles. The second-order valence-electron chi connectivity index (χ2n) is 4.79. The molecule has 0 atom stereocenters. The van der Waals surface area contributed by atoms with Gasteiger partial charge in [0.05, 0.1) is 30.6 Å². The number of nitrogens with one attached hydrogen (secondary N) is 2. The maximum atomic E-state index is 11.4. The van der Waals surface area contributed by atoms with Gasteiger partial charge < -0.3 is 21.1 Å². The van der Waals surface area contributed by atoms with Crippen molar-refractivity contribution < 1.29 is 9.53 Å². The molecule has 0 fully saturated rings. The average molecular weight is 348 g/mol. The van der Waals surface area contributed by atoms with Crippen LogP contribution in [0.4, 0.5) is 22.7 Å². The first-order valence-corrected chi connectivity index (χ1v) is 7.19. The van der Waals surface area contributed by atoms with Crippen molar-refractivity contribution in [1.82, 2.24) is 0 Å². The normalized spacial score (nSPS) is 12.8. The lowest BCUT2D eigenvalue weighted by Crippen LogP contribution is -2.03. The highest BCUT2D eigenvalue weighted by Crippen LogP contribution is 2.36. The van der Waals surface area contributed by atoms with Crippen molar-refractivity contribution in [3.05, 3.63) is 40.4 Å². The quantitative estimate of drug-likeness (QED) is 0.744. The fraction of sp³-hybridized carbons (Fsp3) is 0.133. The lowest BCUT2D eigenvalue weighted by molar-refractivity contribution is -0.115. The van der Waals surface area contributed by atoms with Crippen LogP contribution in [0.25, 0.3) is 0 Å². The number of hydrogen-bond acceptors (Lipinski definition) is 4. The van der Waals surface area contributed by atoms with E-state index >= 15 is 0 Å². The van der Waals surface area contributed by atoms with Crippen LogP contribution in [-0.4, -0.2) is 13.0 Å². The van der Waals surface area contributed by atoms with Gasteiger partial charge in [-0.1, -0.05) is 0 Å². The predicted octanol–water partition coefficient (Wildman–Crippen LogP) is 3.28. The Bertz CT molecular complexity index is 731. The van der Waals surface area contributed by atoms with Gasteiger partial charge in [0.15, 0.2) is 0 Å². The number of anilines is 4. The van der Waals surface area contributed by atoms with Crippen molar-refractivity contribution in [2.75, 3.05) is 23.5 Å². The van der Waals surface area contributed by atoms with E-state index < -0.39 is 0 Å². The van der Waals surface area contributed by atoms with Crippen LogP contribution in [0.15, 0.2) is 34.8 Å². The summed E-state index contributed by atoms with van der Waals surface area (Å²) in [4.78, 5) is 11.4. The van der Waals surface area contributed by atoms with Crippen molar-refractivity contribution in [3.8, 4) is 5.75 Å². The molecule has 3 rings (SSSR count). The van der Waals surface area contributed by atoms with Gasteiger partial charge >= 0.3 is 0 Å². The van der Waals surface area contributed by atoms with Crippen molar-refractivity contribution in [1.29, 1.82) is 0 Å². The first-order valence-electron chi connectivity index (χ1n) is 6.39. The van der Waals surface area contributed by atoms with Crippen molar-refractivity contribution in [2.45, 2.75) is 6.42 Å². The number of carbonyl (C=O) groups is 1. The zero-order chi connectivity index (χ0) is 15.0. The van der Waals surface area contributed by atoms with E-state index in [0.29, 0.717) is 12.1 Å². The van der Waals surface area contributed by atoms with Gasteiger partial charge in [0, 0.05) is 16.2 Å². The van der Waals surface area contributed by atoms with Crippen LogP contribution in [0.2, 0.25) is 0 Å². The number of ether oxygens (including phenoxy) is 1. The highest BCUT2D eigenvalue weighted by Gasteiger charge is 2.19. The van der Waals surface area contributed by atoms with Crippen LogP contribution in [-0.2, 0) is 11.2 Å². The van der Waals surface area contributed by atoms with E-state index in [9.17, 15) is 4.79 Å². The molecule has 0 saturated carbocycles. The Kier molecular flexibility index (Phi) is 3.47. The number of nitrogens with two attached hydrogens (primary N) is 1. The van der Waals surface area contributed by atoms with Crippen LogP contribution < -0.4 is 21.1 Å². The monoisotopic (exact) mass is 347 g/mol. The minimum atomic E-state index is -0.0101. The molecule has 108 valence electrons. The van der Waals surface area contributed by atoms with Gasteiger partial charge in [0.1, 0.15) is 5.75 Å². The summed E-state index contributed by atoms with van der Waals surface area (Å²) in [5.74, 6) is 0.734. The van der Waals surface area contributed by atoms with E-state index in [-0.39, 0.29) is 5.91 Å². The van der Waals surface area contributed by atoms with Crippen LogP contribution in [0.5, 0.6) is 5.75 Å². The Morgan fingerprint density at radius 2 is 2.10 bits per heavy atom. The summed E-state index contributed by atoms with van der Waals surface area (Å²) in [5.41, 5.74) is 9.96. The minimum Gasteiger partial charge on any atom is -0.497 e. The van der Waals surface area contributed by atoms with Gasteiger partial charge in [-0.15, -0.1) is 0 Å². The lowest BCUT2D eigenvalue weighted by Gasteiger charge is -2.13. The summed E-state index contributed by atoms with van der Waals surface area (Å²) < 4.78 is 6.11. The van der Waals surface area contributed by atoms with Crippen LogP contribution in [0.1, 0.15) is 5.56 Å². The van der Waals surface area contributed by atoms with Crippen molar-refractivity contribution in [2.24, 2.45) is 0 Å². The first-order chi connectivity index (χ1) is 10.1. The highest BCUT2D eigenvalue weighted by atomic mass is 79.9. The van der Waals surface area contributed by atoms with E-state index in [0.717, 1.165) is 32.8 Å². The third-order valence-electron chi connectivity index (χ3n) is 3.34. The van der Waals surface area contributed by atoms with Gasteiger partial charge in [-0.25, -0.2) is 0 Å². The Morgan fingerprint density at radius 3 is 2.86 bits per heavy atom. The smallest absolute Gasteiger partial charge is 0.228 e. The molecule has 1 aliphatic heterocycles. The number of methoxy groups -OCH3 is 1. The molecule has 0 aliphatic carbocycles. The number of carbonyl (C=O) groups excluding carboxylic acids is 1. The Balaban J connectivity index is 1.96. The first kappa shape index (κ1) is 13.8. The molecule has 0 spiro atoms. The van der Waals surface area contributed by atoms with Crippen LogP contribution >= 0.6 is 15.9 Å². The molecule has 2 aromatic rings. The lowest BCUT2D eigenvalue weighted by atomic mass is 10.1. The van der Waals surface area contributed by atoms with Gasteiger partial charge in [-0.2, -0.15) is 0 Å². The summed E-state index contributed by atoms with van der Waals surface area (Å²) in [6.07, 6.45) is 0.378. The van der Waals surface area contributed by atoms with Gasteiger partial charge in [0.25, 0.3) is 0 Å². The molecule has 0 bridgehead atoms. The number of rotatable bonds is 3. The molecular weight excluding hydrogens is 334 g/mol. The maximum Gasteiger partial charge on any atom is 0.228 e. The largest absolute Gasteiger partial charge is 0.497 e. The molecule has 0 aromatic heterocycles. The van der Waals surface area contributed by atoms with Crippen molar-refractivity contribution >= 4 is 44.6 Å². The number of hydrogen-bond donors (Lipinski definition) is 3. The maximum absolute atomic E-state index is 11.4. The number of amides is 1. The van der Waals surface area contributed by atoms with Crippen molar-refractivity contribution in [3.63, 3.8) is 0 Å². The molecule has 1 amide bonds. The van der Waals surface area contributed by atoms with E-state index in [2.05, 4.69) is 26.6 Å². The minimum absolute atomic E-state index is 0.0101. The molecule has 5 nitrogen and oxygen atoms in total. The molecule has 1 heterocycles. The van der Waals surface area contributed by atoms with Gasteiger partial charge in [-0.05, 0) is 45.8 Å². The standard InChI is InChI=1S/C15H14BrN3O2/c1-21-9-2-3-10(16)13(6-9)18-14-7-12-8(4-11(14)17)5-15(20)19-12/h2-4,6-7,18H,5,17H2,1H3,(H,19,20). The summed E-state index contributed by atoms with van der Waals surface area (Å²) in [7, 11) is 1.62. The number of nitrogen functional groups attached to an aromatic ring is 1. The highest BCUT2D eigenvalue weighted by molar-refractivity contribution is 9.10. The second kappa shape index (κ2) is 5.29. The molecule has 21 heavy (non-hydrogen) atoms. The molecule has 2 aromatic carbocycles. The van der Waals surface area contributed by atoms with E-state index in [1.54, 1.807) is 7.11 Å². The summed E-state index contributed by atoms with van der Waals surface area (Å²) in [5, 5.41) is 6.07. The number of fused-ring (bicyclic) bond motifs is 1. The molecule has 1 aliphatic rings. The summed E-state index contributed by atoms with van der Waals surface area (Å²) in [6.45, 7) is 0. The zero-order valence-electron chi connectivity index (χ0n) is 11.4. The summed E-state index contributed by atoms with van der Waals surface area (Å²) >= 11 is 3.49. The third-order valence-corrected chi connectivity index (χ3v) is 4.03. The fourth-order valence-electron chi connectivity index (χ4n) is 2.27. The number of halogens is 1. The van der Waals surface area contributed by atoms with Crippen LogP contribution in [0, 0.1) is 0 Å². The average Bonchev–Trinajstić information content (AvgIpc) is 2.80. The Hall–Kier alpha value is -2.21. The summed E-state index contributed by atoms with van der Waals surface area (Å²) in [6, 6.07) is 9.30. The zero-order valence-corrected chi connectivity index (χ0v) is 13.0. The van der Waals surface area contributed by atoms with Gasteiger partial charge in [-0.3, -0.25) is 4.79 Å². The third kappa shape index (κ3) is 2.67. The molecular formula is C15H14BrN3O2. The molecule has 0 radical (unpaired) electrons. The topological polar surface area (TPSA) is 76.4 Å². The van der Waals surface area contributed by atoms with E-state index in [4.69, 9.17) is 10.5 Å². The molecule has 6 heteroatoms. The van der Waals surface area contributed by atoms with E-state index in [1.807, 2.05) is 30.3 Å². The number of benzene rings is 2. The molecule has 4 N–H and O–H groups in total. The van der Waals surface area contributed by atoms with E-state index in [1.165, 1.54) is 0 Å². The van der Waals surface area contributed by atoms with Gasteiger partial charge in [0.2, 0.25) is 5.91 Å². The SMILES string of the molecule is COc1ccc(Br)c(Nc2cc3c(cc2N)CC(=O)N3)c1. The fourth-order valence-corrected chi connectivity index (χ4v) is 2.62. The predicted molar refractivity (Wildman–Crippen MR) is 87.2 cm³/mol. The Morgan fingerprint density at radius 1 is 1.29 bits per heavy atom.